The molecule has 0 saturated heterocycles. The van der Waals surface area contributed by atoms with Crippen molar-refractivity contribution in [2.24, 2.45) is 0 Å². The molecule has 0 radical (unpaired) electrons. The highest BCUT2D eigenvalue weighted by atomic mass is 35.5. The molecule has 2 aromatic rings. The third kappa shape index (κ3) is 5.31. The molecule has 0 unspecified atom stereocenters. The first-order valence-electron chi connectivity index (χ1n) is 7.11. The number of nitriles is 1. The number of nitrogens with zero attached hydrogens (tertiary/aromatic N) is 1. The summed E-state index contributed by atoms with van der Waals surface area (Å²) in [5.74, 6) is -0.215. The monoisotopic (exact) mass is 345 g/mol. The van der Waals surface area contributed by atoms with Gasteiger partial charge in [-0.05, 0) is 30.2 Å². The summed E-state index contributed by atoms with van der Waals surface area (Å²) >= 11 is 7.42. The fourth-order valence-corrected chi connectivity index (χ4v) is 3.26. The molecular formula is C18H16ClNO2S. The van der Waals surface area contributed by atoms with E-state index in [1.54, 1.807) is 6.92 Å². The molecule has 0 aliphatic carbocycles. The van der Waals surface area contributed by atoms with Crippen LogP contribution in [0.3, 0.4) is 0 Å². The molecule has 2 atom stereocenters. The second-order valence-electron chi connectivity index (χ2n) is 4.91. The molecule has 0 aliphatic rings. The summed E-state index contributed by atoms with van der Waals surface area (Å²) in [7, 11) is 0. The number of ether oxygens (including phenoxy) is 1. The van der Waals surface area contributed by atoms with Gasteiger partial charge in [0, 0.05) is 5.02 Å². The molecule has 23 heavy (non-hydrogen) atoms. The topological polar surface area (TPSA) is 50.1 Å². The van der Waals surface area contributed by atoms with E-state index < -0.39 is 6.10 Å². The van der Waals surface area contributed by atoms with E-state index in [-0.39, 0.29) is 17.0 Å². The zero-order valence-corrected chi connectivity index (χ0v) is 14.2. The summed E-state index contributed by atoms with van der Waals surface area (Å²) in [4.78, 5) is 11.8. The summed E-state index contributed by atoms with van der Waals surface area (Å²) < 4.78 is 5.00. The van der Waals surface area contributed by atoms with Gasteiger partial charge in [0.25, 0.3) is 0 Å². The second kappa shape index (κ2) is 8.61. The standard InChI is InChI=1S/C18H16ClNO2S/c1-13(11-20)22-17(21)12-23-18(14-5-3-2-4-6-14)15-7-9-16(19)10-8-15/h2-10,13,18H,12H2,1H3/t13-,18-/m0/s1. The third-order valence-electron chi connectivity index (χ3n) is 3.13. The Morgan fingerprint density at radius 1 is 1.17 bits per heavy atom. The third-order valence-corrected chi connectivity index (χ3v) is 4.66. The van der Waals surface area contributed by atoms with Crippen molar-refractivity contribution in [3.05, 3.63) is 70.7 Å². The molecule has 0 heterocycles. The lowest BCUT2D eigenvalue weighted by Crippen LogP contribution is -2.15. The van der Waals surface area contributed by atoms with Crippen LogP contribution in [-0.2, 0) is 9.53 Å². The largest absolute Gasteiger partial charge is 0.447 e. The van der Waals surface area contributed by atoms with E-state index in [9.17, 15) is 4.79 Å². The van der Waals surface area contributed by atoms with Gasteiger partial charge in [-0.2, -0.15) is 5.26 Å². The van der Waals surface area contributed by atoms with E-state index in [4.69, 9.17) is 21.6 Å². The van der Waals surface area contributed by atoms with Gasteiger partial charge in [-0.25, -0.2) is 0 Å². The molecule has 0 N–H and O–H groups in total. The first-order chi connectivity index (χ1) is 11.1. The Bertz CT molecular complexity index is 682. The lowest BCUT2D eigenvalue weighted by molar-refractivity contribution is -0.142. The van der Waals surface area contributed by atoms with Gasteiger partial charge in [0.05, 0.1) is 11.0 Å². The number of esters is 1. The summed E-state index contributed by atoms with van der Waals surface area (Å²) in [6.07, 6.45) is -0.728. The van der Waals surface area contributed by atoms with Crippen molar-refractivity contribution in [2.45, 2.75) is 18.3 Å². The molecule has 0 aliphatic heterocycles. The number of carbonyl (C=O) groups excluding carboxylic acids is 1. The summed E-state index contributed by atoms with van der Waals surface area (Å²) in [6.45, 7) is 1.55. The molecule has 118 valence electrons. The molecular weight excluding hydrogens is 330 g/mol. The van der Waals surface area contributed by atoms with Crippen molar-refractivity contribution >= 4 is 29.3 Å². The van der Waals surface area contributed by atoms with Gasteiger partial charge in [-0.3, -0.25) is 4.79 Å². The minimum Gasteiger partial charge on any atom is -0.447 e. The zero-order valence-electron chi connectivity index (χ0n) is 12.6. The Labute approximate surface area is 145 Å². The predicted molar refractivity (Wildman–Crippen MR) is 93.4 cm³/mol. The molecule has 0 fully saturated rings. The molecule has 0 amide bonds. The Morgan fingerprint density at radius 2 is 1.78 bits per heavy atom. The number of hydrogen-bond donors (Lipinski definition) is 0. The van der Waals surface area contributed by atoms with Gasteiger partial charge < -0.3 is 4.74 Å². The van der Waals surface area contributed by atoms with Crippen LogP contribution in [-0.4, -0.2) is 17.8 Å². The molecule has 0 bridgehead atoms. The lowest BCUT2D eigenvalue weighted by Gasteiger charge is -2.17. The summed E-state index contributed by atoms with van der Waals surface area (Å²) in [5.41, 5.74) is 2.16. The minimum atomic E-state index is -0.728. The van der Waals surface area contributed by atoms with Crippen LogP contribution < -0.4 is 0 Å². The fraction of sp³-hybridized carbons (Fsp3) is 0.222. The van der Waals surface area contributed by atoms with Crippen LogP contribution in [0.25, 0.3) is 0 Å². The van der Waals surface area contributed by atoms with Crippen LogP contribution in [0.4, 0.5) is 0 Å². The van der Waals surface area contributed by atoms with Gasteiger partial charge in [0.1, 0.15) is 6.07 Å². The van der Waals surface area contributed by atoms with Gasteiger partial charge in [0.15, 0.2) is 6.10 Å². The maximum Gasteiger partial charge on any atom is 0.317 e. The molecule has 0 saturated carbocycles. The van der Waals surface area contributed by atoms with Crippen LogP contribution in [0.15, 0.2) is 54.6 Å². The number of hydrogen-bond acceptors (Lipinski definition) is 4. The van der Waals surface area contributed by atoms with Crippen molar-refractivity contribution in [3.63, 3.8) is 0 Å². The number of thioether (sulfide) groups is 1. The van der Waals surface area contributed by atoms with Crippen LogP contribution >= 0.6 is 23.4 Å². The maximum absolute atomic E-state index is 11.8. The van der Waals surface area contributed by atoms with E-state index in [0.717, 1.165) is 11.1 Å². The van der Waals surface area contributed by atoms with Gasteiger partial charge >= 0.3 is 5.97 Å². The highest BCUT2D eigenvalue weighted by molar-refractivity contribution is 8.00. The normalized spacial score (nSPS) is 12.9. The Morgan fingerprint density at radius 3 is 2.39 bits per heavy atom. The van der Waals surface area contributed by atoms with E-state index in [2.05, 4.69) is 0 Å². The van der Waals surface area contributed by atoms with Crippen molar-refractivity contribution in [3.8, 4) is 6.07 Å². The fourth-order valence-electron chi connectivity index (χ4n) is 2.06. The van der Waals surface area contributed by atoms with Crippen LogP contribution in [0.2, 0.25) is 5.02 Å². The van der Waals surface area contributed by atoms with Crippen LogP contribution in [0, 0.1) is 11.3 Å². The molecule has 0 aromatic heterocycles. The summed E-state index contributed by atoms with van der Waals surface area (Å²) in [6, 6.07) is 19.4. The number of rotatable bonds is 6. The van der Waals surface area contributed by atoms with Gasteiger partial charge in [0.2, 0.25) is 0 Å². The molecule has 2 aromatic carbocycles. The highest BCUT2D eigenvalue weighted by Gasteiger charge is 2.18. The summed E-state index contributed by atoms with van der Waals surface area (Å²) in [5, 5.41) is 9.37. The molecule has 3 nitrogen and oxygen atoms in total. The van der Waals surface area contributed by atoms with Gasteiger partial charge in [-0.15, -0.1) is 11.8 Å². The smallest absolute Gasteiger partial charge is 0.317 e. The molecule has 0 spiro atoms. The molecule has 2 rings (SSSR count). The maximum atomic E-state index is 11.8. The Hall–Kier alpha value is -1.96. The average molecular weight is 346 g/mol. The van der Waals surface area contributed by atoms with E-state index in [0.29, 0.717) is 5.02 Å². The lowest BCUT2D eigenvalue weighted by atomic mass is 10.0. The van der Waals surface area contributed by atoms with Crippen molar-refractivity contribution in [1.29, 1.82) is 5.26 Å². The number of carbonyl (C=O) groups is 1. The zero-order chi connectivity index (χ0) is 16.7. The number of benzene rings is 2. The van der Waals surface area contributed by atoms with E-state index in [1.165, 1.54) is 11.8 Å². The number of halogens is 1. The SMILES string of the molecule is C[C@@H](C#N)OC(=O)CS[C@@H](c1ccccc1)c1ccc(Cl)cc1. The minimum absolute atomic E-state index is 0.00147. The van der Waals surface area contributed by atoms with Gasteiger partial charge in [-0.1, -0.05) is 54.1 Å². The first-order valence-corrected chi connectivity index (χ1v) is 8.54. The first kappa shape index (κ1) is 17.4. The van der Waals surface area contributed by atoms with E-state index in [1.807, 2.05) is 60.7 Å². The van der Waals surface area contributed by atoms with Crippen molar-refractivity contribution in [2.75, 3.05) is 5.75 Å². The Kier molecular flexibility index (Phi) is 6.52. The highest BCUT2D eigenvalue weighted by Crippen LogP contribution is 2.36. The second-order valence-corrected chi connectivity index (χ2v) is 6.44. The molecule has 5 heteroatoms. The predicted octanol–water partition coefficient (Wildman–Crippen LogP) is 4.62. The average Bonchev–Trinajstić information content (AvgIpc) is 2.57. The van der Waals surface area contributed by atoms with E-state index >= 15 is 0 Å². The quantitative estimate of drug-likeness (QED) is 0.717. The van der Waals surface area contributed by atoms with Crippen LogP contribution in [0.5, 0.6) is 0 Å². The van der Waals surface area contributed by atoms with Crippen LogP contribution in [0.1, 0.15) is 23.3 Å². The Balaban J connectivity index is 2.13. The van der Waals surface area contributed by atoms with Crippen molar-refractivity contribution < 1.29 is 9.53 Å². The van der Waals surface area contributed by atoms with Crippen molar-refractivity contribution in [1.82, 2.24) is 0 Å².